The number of anilines is 1. The highest BCUT2D eigenvalue weighted by atomic mass is 16.5. The molecule has 2 aromatic rings. The predicted molar refractivity (Wildman–Crippen MR) is 74.1 cm³/mol. The van der Waals surface area contributed by atoms with Crippen LogP contribution in [0, 0.1) is 11.3 Å². The number of nitrogens with zero attached hydrogens (tertiary/aromatic N) is 3. The number of aromatic nitrogens is 1. The fourth-order valence-electron chi connectivity index (χ4n) is 1.90. The Hall–Kier alpha value is -2.54. The topological polar surface area (TPSA) is 49.1 Å². The van der Waals surface area contributed by atoms with Crippen molar-refractivity contribution in [3.63, 3.8) is 0 Å². The van der Waals surface area contributed by atoms with E-state index in [4.69, 9.17) is 10.00 Å². The Morgan fingerprint density at radius 1 is 1.26 bits per heavy atom. The maximum Gasteiger partial charge on any atom is 0.121 e. The van der Waals surface area contributed by atoms with Crippen LogP contribution in [0.5, 0.6) is 5.75 Å². The SMILES string of the molecule is COc1ccc(C#N)c(N(C)Cc2ccncc2)c1. The lowest BCUT2D eigenvalue weighted by Crippen LogP contribution is -2.17. The summed E-state index contributed by atoms with van der Waals surface area (Å²) in [6.07, 6.45) is 3.53. The molecule has 0 spiro atoms. The third-order valence-electron chi connectivity index (χ3n) is 2.91. The van der Waals surface area contributed by atoms with Crippen LogP contribution in [0.1, 0.15) is 11.1 Å². The largest absolute Gasteiger partial charge is 0.497 e. The van der Waals surface area contributed by atoms with Crippen molar-refractivity contribution >= 4 is 5.69 Å². The summed E-state index contributed by atoms with van der Waals surface area (Å²) < 4.78 is 5.21. The first-order chi connectivity index (χ1) is 9.24. The first-order valence-electron chi connectivity index (χ1n) is 5.93. The minimum Gasteiger partial charge on any atom is -0.497 e. The molecule has 0 aliphatic carbocycles. The molecule has 0 radical (unpaired) electrons. The van der Waals surface area contributed by atoms with Gasteiger partial charge in [-0.1, -0.05) is 0 Å². The Kier molecular flexibility index (Phi) is 3.99. The van der Waals surface area contributed by atoms with E-state index in [0.29, 0.717) is 12.1 Å². The maximum absolute atomic E-state index is 9.17. The van der Waals surface area contributed by atoms with Gasteiger partial charge in [0.25, 0.3) is 0 Å². The molecule has 1 aromatic heterocycles. The molecule has 1 aromatic carbocycles. The number of pyridine rings is 1. The van der Waals surface area contributed by atoms with Gasteiger partial charge in [0, 0.05) is 32.1 Å². The third-order valence-corrected chi connectivity index (χ3v) is 2.91. The minimum absolute atomic E-state index is 0.636. The van der Waals surface area contributed by atoms with Crippen molar-refractivity contribution in [3.05, 3.63) is 53.9 Å². The van der Waals surface area contributed by atoms with Crippen LogP contribution < -0.4 is 9.64 Å². The minimum atomic E-state index is 0.636. The summed E-state index contributed by atoms with van der Waals surface area (Å²) in [5, 5.41) is 9.17. The molecule has 4 nitrogen and oxygen atoms in total. The van der Waals surface area contributed by atoms with E-state index < -0.39 is 0 Å². The summed E-state index contributed by atoms with van der Waals surface area (Å²) in [6, 6.07) is 11.6. The van der Waals surface area contributed by atoms with E-state index in [2.05, 4.69) is 11.1 Å². The van der Waals surface area contributed by atoms with Gasteiger partial charge in [0.05, 0.1) is 18.4 Å². The van der Waals surface area contributed by atoms with Crippen molar-refractivity contribution in [3.8, 4) is 11.8 Å². The van der Waals surface area contributed by atoms with Gasteiger partial charge in [-0.25, -0.2) is 0 Å². The smallest absolute Gasteiger partial charge is 0.121 e. The second kappa shape index (κ2) is 5.87. The summed E-state index contributed by atoms with van der Waals surface area (Å²) >= 11 is 0. The molecule has 0 aliphatic rings. The molecule has 96 valence electrons. The maximum atomic E-state index is 9.17. The Labute approximate surface area is 112 Å². The van der Waals surface area contributed by atoms with Gasteiger partial charge in [-0.05, 0) is 29.8 Å². The summed E-state index contributed by atoms with van der Waals surface area (Å²) in [7, 11) is 3.57. The highest BCUT2D eigenvalue weighted by molar-refractivity contribution is 5.61. The van der Waals surface area contributed by atoms with Crippen molar-refractivity contribution in [2.24, 2.45) is 0 Å². The van der Waals surface area contributed by atoms with Crippen molar-refractivity contribution in [1.82, 2.24) is 4.98 Å². The van der Waals surface area contributed by atoms with Crippen LogP contribution in [0.2, 0.25) is 0 Å². The number of rotatable bonds is 4. The highest BCUT2D eigenvalue weighted by Gasteiger charge is 2.09. The summed E-state index contributed by atoms with van der Waals surface area (Å²) in [5.41, 5.74) is 2.64. The monoisotopic (exact) mass is 253 g/mol. The Balaban J connectivity index is 2.27. The molecule has 0 unspecified atom stereocenters. The van der Waals surface area contributed by atoms with Crippen LogP contribution in [0.15, 0.2) is 42.7 Å². The molecular formula is C15H15N3O. The average Bonchev–Trinajstić information content (AvgIpc) is 2.47. The van der Waals surface area contributed by atoms with Gasteiger partial charge in [0.1, 0.15) is 11.8 Å². The molecule has 4 heteroatoms. The van der Waals surface area contributed by atoms with Crippen molar-refractivity contribution in [2.45, 2.75) is 6.54 Å². The van der Waals surface area contributed by atoms with Gasteiger partial charge < -0.3 is 9.64 Å². The zero-order valence-electron chi connectivity index (χ0n) is 11.0. The number of methoxy groups -OCH3 is 1. The Morgan fingerprint density at radius 2 is 2.00 bits per heavy atom. The number of hydrogen-bond acceptors (Lipinski definition) is 4. The normalized spacial score (nSPS) is 9.74. The van der Waals surface area contributed by atoms with Gasteiger partial charge in [-0.3, -0.25) is 4.98 Å². The van der Waals surface area contributed by atoms with Gasteiger partial charge in [0.15, 0.2) is 0 Å². The van der Waals surface area contributed by atoms with Crippen molar-refractivity contribution in [2.75, 3.05) is 19.1 Å². The second-order valence-corrected chi connectivity index (χ2v) is 4.21. The molecule has 0 saturated carbocycles. The Morgan fingerprint density at radius 3 is 2.63 bits per heavy atom. The average molecular weight is 253 g/mol. The van der Waals surface area contributed by atoms with Crippen molar-refractivity contribution in [1.29, 1.82) is 5.26 Å². The molecule has 1 heterocycles. The lowest BCUT2D eigenvalue weighted by atomic mass is 10.1. The molecule has 0 N–H and O–H groups in total. The molecule has 0 bridgehead atoms. The van der Waals surface area contributed by atoms with E-state index in [0.717, 1.165) is 17.0 Å². The van der Waals surface area contributed by atoms with E-state index in [1.54, 1.807) is 31.6 Å². The number of nitriles is 1. The lowest BCUT2D eigenvalue weighted by molar-refractivity contribution is 0.415. The van der Waals surface area contributed by atoms with Crippen LogP contribution in [-0.2, 0) is 6.54 Å². The number of hydrogen-bond donors (Lipinski definition) is 0. The van der Waals surface area contributed by atoms with E-state index in [9.17, 15) is 0 Å². The second-order valence-electron chi connectivity index (χ2n) is 4.21. The molecule has 2 rings (SSSR count). The van der Waals surface area contributed by atoms with Crippen LogP contribution in [0.4, 0.5) is 5.69 Å². The zero-order chi connectivity index (χ0) is 13.7. The highest BCUT2D eigenvalue weighted by Crippen LogP contribution is 2.25. The van der Waals surface area contributed by atoms with Crippen LogP contribution in [0.25, 0.3) is 0 Å². The van der Waals surface area contributed by atoms with Gasteiger partial charge in [-0.15, -0.1) is 0 Å². The molecule has 0 aliphatic heterocycles. The summed E-state index contributed by atoms with van der Waals surface area (Å²) in [4.78, 5) is 6.02. The number of benzene rings is 1. The molecule has 19 heavy (non-hydrogen) atoms. The van der Waals surface area contributed by atoms with E-state index in [1.807, 2.05) is 30.1 Å². The number of ether oxygens (including phenoxy) is 1. The standard InChI is InChI=1S/C15H15N3O/c1-18(11-12-5-7-17-8-6-12)15-9-14(19-2)4-3-13(15)10-16/h3-9H,11H2,1-2H3. The fourth-order valence-corrected chi connectivity index (χ4v) is 1.90. The van der Waals surface area contributed by atoms with Gasteiger partial charge >= 0.3 is 0 Å². The fraction of sp³-hybridized carbons (Fsp3) is 0.200. The molecule has 0 amide bonds. The van der Waals surface area contributed by atoms with Gasteiger partial charge in [0.2, 0.25) is 0 Å². The molecular weight excluding hydrogens is 238 g/mol. The summed E-state index contributed by atoms with van der Waals surface area (Å²) in [6.45, 7) is 0.713. The quantitative estimate of drug-likeness (QED) is 0.840. The lowest BCUT2D eigenvalue weighted by Gasteiger charge is -2.21. The van der Waals surface area contributed by atoms with E-state index in [1.165, 1.54) is 0 Å². The van der Waals surface area contributed by atoms with Crippen LogP contribution >= 0.6 is 0 Å². The molecule has 0 fully saturated rings. The Bertz CT molecular complexity index is 590. The van der Waals surface area contributed by atoms with Crippen molar-refractivity contribution < 1.29 is 4.74 Å². The van der Waals surface area contributed by atoms with Gasteiger partial charge in [-0.2, -0.15) is 5.26 Å². The molecule has 0 saturated heterocycles. The summed E-state index contributed by atoms with van der Waals surface area (Å²) in [5.74, 6) is 0.746. The van der Waals surface area contributed by atoms with Crippen LogP contribution in [-0.4, -0.2) is 19.1 Å². The third kappa shape index (κ3) is 3.02. The predicted octanol–water partition coefficient (Wildman–Crippen LogP) is 2.60. The molecule has 0 atom stereocenters. The first-order valence-corrected chi connectivity index (χ1v) is 5.93. The van der Waals surface area contributed by atoms with E-state index in [-0.39, 0.29) is 0 Å². The zero-order valence-corrected chi connectivity index (χ0v) is 11.0. The van der Waals surface area contributed by atoms with Crippen LogP contribution in [0.3, 0.4) is 0 Å². The van der Waals surface area contributed by atoms with E-state index >= 15 is 0 Å². The first kappa shape index (κ1) is 12.9.